The van der Waals surface area contributed by atoms with Gasteiger partial charge in [-0.3, -0.25) is 14.5 Å². The van der Waals surface area contributed by atoms with Crippen molar-refractivity contribution >= 4 is 51.3 Å². The lowest BCUT2D eigenvalue weighted by atomic mass is 9.87. The molecule has 222 valence electrons. The molecule has 2 aromatic carbocycles. The number of unbranched alkanes of at least 4 members (excludes halogenated alkanes) is 3. The minimum atomic E-state index is 0.0413. The molecule has 5 rings (SSSR count). The Morgan fingerprint density at radius 3 is 2.38 bits per heavy atom. The molecule has 0 saturated carbocycles. The smallest absolute Gasteiger partial charge is 0.196 e. The highest BCUT2D eigenvalue weighted by Gasteiger charge is 2.31. The number of aromatic nitrogens is 3. The number of hydrogen-bond acceptors (Lipinski definition) is 6. The van der Waals surface area contributed by atoms with Crippen molar-refractivity contribution in [2.45, 2.75) is 38.6 Å². The lowest BCUT2D eigenvalue weighted by Crippen LogP contribution is -2.27. The van der Waals surface area contributed by atoms with Gasteiger partial charge in [-0.05, 0) is 69.3 Å². The maximum Gasteiger partial charge on any atom is 0.196 e. The average molecular weight is 608 g/mol. The maximum atomic E-state index is 13.7. The number of hydrogen-bond donors (Lipinski definition) is 1. The Bertz CT molecular complexity index is 1490. The van der Waals surface area contributed by atoms with Gasteiger partial charge in [0.25, 0.3) is 0 Å². The van der Waals surface area contributed by atoms with E-state index < -0.39 is 0 Å². The van der Waals surface area contributed by atoms with Crippen LogP contribution in [0.25, 0.3) is 22.2 Å². The van der Waals surface area contributed by atoms with Crippen LogP contribution in [0.5, 0.6) is 0 Å². The topological polar surface area (TPSA) is 66.3 Å². The summed E-state index contributed by atoms with van der Waals surface area (Å²) in [6.07, 6.45) is 9.03. The van der Waals surface area contributed by atoms with Gasteiger partial charge in [-0.25, -0.2) is 0 Å². The van der Waals surface area contributed by atoms with Gasteiger partial charge in [0, 0.05) is 78.2 Å². The van der Waals surface area contributed by atoms with Crippen molar-refractivity contribution in [1.29, 1.82) is 0 Å². The minimum Gasteiger partial charge on any atom is -0.384 e. The summed E-state index contributed by atoms with van der Waals surface area (Å²) in [5, 5.41) is 9.46. The number of anilines is 2. The third-order valence-electron chi connectivity index (χ3n) is 7.94. The second-order valence-corrected chi connectivity index (χ2v) is 11.9. The van der Waals surface area contributed by atoms with Crippen LogP contribution in [-0.2, 0) is 13.0 Å². The van der Waals surface area contributed by atoms with Crippen LogP contribution in [0.3, 0.4) is 0 Å². The third kappa shape index (κ3) is 6.74. The zero-order chi connectivity index (χ0) is 29.5. The molecular weight excluding hydrogens is 567 g/mol. The molecule has 2 aromatic heterocycles. The number of likely N-dealkylation sites (N-methyl/N-ethyl adjacent to an activating group) is 1. The number of rotatable bonds is 16. The number of alkyl halides is 2. The van der Waals surface area contributed by atoms with Crippen molar-refractivity contribution in [1.82, 2.24) is 19.7 Å². The minimum absolute atomic E-state index is 0.0413. The van der Waals surface area contributed by atoms with E-state index in [2.05, 4.69) is 64.5 Å². The molecule has 1 N–H and O–H groups in total. The first kappa shape index (κ1) is 30.3. The van der Waals surface area contributed by atoms with E-state index in [-0.39, 0.29) is 5.78 Å². The van der Waals surface area contributed by atoms with Crippen molar-refractivity contribution in [3.8, 4) is 11.3 Å². The molecule has 0 atom stereocenters. The first-order chi connectivity index (χ1) is 20.5. The monoisotopic (exact) mass is 606 g/mol. The molecule has 0 aliphatic heterocycles. The van der Waals surface area contributed by atoms with Gasteiger partial charge < -0.3 is 15.1 Å². The number of benzene rings is 2. The molecule has 0 unspecified atom stereocenters. The molecule has 4 aromatic rings. The SMILES string of the molecule is CN(C)CCn1nc2c3c(c(NCCCCCCc4ccc(N(CCCl)CCCl)cc4)ccc31)C(=O)c1ccncc1-2. The highest BCUT2D eigenvalue weighted by atomic mass is 35.5. The van der Waals surface area contributed by atoms with E-state index in [1.54, 1.807) is 12.4 Å². The quantitative estimate of drug-likeness (QED) is 0.0995. The highest BCUT2D eigenvalue weighted by Crippen LogP contribution is 2.41. The number of nitrogens with one attached hydrogen (secondary N) is 1. The number of ketones is 1. The number of nitrogens with zero attached hydrogens (tertiary/aromatic N) is 5. The molecule has 0 saturated heterocycles. The second-order valence-electron chi connectivity index (χ2n) is 11.1. The van der Waals surface area contributed by atoms with E-state index >= 15 is 0 Å². The second kappa shape index (κ2) is 14.4. The van der Waals surface area contributed by atoms with Gasteiger partial charge in [0.05, 0.1) is 17.6 Å². The van der Waals surface area contributed by atoms with Gasteiger partial charge in [-0.1, -0.05) is 25.0 Å². The van der Waals surface area contributed by atoms with Crippen molar-refractivity contribution in [2.24, 2.45) is 0 Å². The van der Waals surface area contributed by atoms with E-state index in [0.717, 1.165) is 91.8 Å². The Morgan fingerprint density at radius 2 is 1.64 bits per heavy atom. The first-order valence-electron chi connectivity index (χ1n) is 14.9. The molecule has 7 nitrogen and oxygen atoms in total. The molecule has 0 fully saturated rings. The Hall–Kier alpha value is -3.13. The number of halogens is 2. The zero-order valence-electron chi connectivity index (χ0n) is 24.6. The van der Waals surface area contributed by atoms with Crippen molar-refractivity contribution in [3.05, 3.63) is 71.5 Å². The number of pyridine rings is 1. The summed E-state index contributed by atoms with van der Waals surface area (Å²) < 4.78 is 2.02. The van der Waals surface area contributed by atoms with E-state index in [0.29, 0.717) is 17.3 Å². The Morgan fingerprint density at radius 1 is 0.881 bits per heavy atom. The van der Waals surface area contributed by atoms with Crippen LogP contribution in [0.1, 0.15) is 47.2 Å². The van der Waals surface area contributed by atoms with Gasteiger partial charge in [0.1, 0.15) is 5.69 Å². The fourth-order valence-electron chi connectivity index (χ4n) is 5.70. The van der Waals surface area contributed by atoms with Gasteiger partial charge in [-0.15, -0.1) is 23.2 Å². The normalized spacial score (nSPS) is 12.3. The lowest BCUT2D eigenvalue weighted by molar-refractivity contribution is 0.104. The van der Waals surface area contributed by atoms with Crippen LogP contribution < -0.4 is 10.2 Å². The number of carbonyl (C=O) groups excluding carboxylic acids is 1. The first-order valence-corrected chi connectivity index (χ1v) is 16.0. The van der Waals surface area contributed by atoms with Crippen LogP contribution in [0.4, 0.5) is 11.4 Å². The summed E-state index contributed by atoms with van der Waals surface area (Å²) in [6.45, 7) is 4.05. The Balaban J connectivity index is 1.17. The van der Waals surface area contributed by atoms with Gasteiger partial charge in [0.15, 0.2) is 5.78 Å². The van der Waals surface area contributed by atoms with Gasteiger partial charge in [-0.2, -0.15) is 5.10 Å². The van der Waals surface area contributed by atoms with Crippen LogP contribution in [0, 0.1) is 0 Å². The Kier molecular flexibility index (Phi) is 10.4. The van der Waals surface area contributed by atoms with Crippen molar-refractivity contribution in [3.63, 3.8) is 0 Å². The molecule has 1 aliphatic carbocycles. The summed E-state index contributed by atoms with van der Waals surface area (Å²) >= 11 is 11.9. The summed E-state index contributed by atoms with van der Waals surface area (Å²) in [4.78, 5) is 22.4. The number of fused-ring (bicyclic) bond motifs is 2. The van der Waals surface area contributed by atoms with Crippen LogP contribution in [0.15, 0.2) is 54.9 Å². The van der Waals surface area contributed by atoms with E-state index in [9.17, 15) is 4.79 Å². The zero-order valence-corrected chi connectivity index (χ0v) is 26.1. The number of aryl methyl sites for hydroxylation is 1. The van der Waals surface area contributed by atoms with Crippen molar-refractivity contribution < 1.29 is 4.79 Å². The van der Waals surface area contributed by atoms with Crippen molar-refractivity contribution in [2.75, 3.05) is 62.3 Å². The molecule has 0 spiro atoms. The molecule has 9 heteroatoms. The third-order valence-corrected chi connectivity index (χ3v) is 8.28. The molecule has 2 heterocycles. The van der Waals surface area contributed by atoms with Gasteiger partial charge >= 0.3 is 0 Å². The standard InChI is InChI=1S/C33H40Cl2N6O/c1-39(2)21-22-41-29-13-12-28(30-31(29)32(38-41)27-23-36-18-14-26(27)33(30)42)37-17-6-4-3-5-7-24-8-10-25(11-9-24)40(19-15-34)20-16-35/h8-14,18,23,37H,3-7,15-17,19-22H2,1-2H3. The number of carbonyl (C=O) groups is 1. The van der Waals surface area contributed by atoms with E-state index in [4.69, 9.17) is 28.3 Å². The van der Waals surface area contributed by atoms with Crippen LogP contribution in [-0.4, -0.2) is 77.5 Å². The van der Waals surface area contributed by atoms with E-state index in [1.165, 1.54) is 17.7 Å². The van der Waals surface area contributed by atoms with Crippen LogP contribution >= 0.6 is 23.2 Å². The fourth-order valence-corrected chi connectivity index (χ4v) is 6.11. The summed E-state index contributed by atoms with van der Waals surface area (Å²) in [5.41, 5.74) is 7.49. The molecule has 0 bridgehead atoms. The van der Waals surface area contributed by atoms with E-state index in [1.807, 2.05) is 16.8 Å². The summed E-state index contributed by atoms with van der Waals surface area (Å²) in [7, 11) is 4.11. The van der Waals surface area contributed by atoms with Gasteiger partial charge in [0.2, 0.25) is 0 Å². The molecule has 1 aliphatic rings. The molecule has 42 heavy (non-hydrogen) atoms. The summed E-state index contributed by atoms with van der Waals surface area (Å²) in [5.74, 6) is 1.22. The molecular formula is C33H40Cl2N6O. The predicted molar refractivity (Wildman–Crippen MR) is 176 cm³/mol. The maximum absolute atomic E-state index is 13.7. The van der Waals surface area contributed by atoms with Crippen LogP contribution in [0.2, 0.25) is 0 Å². The Labute approximate surface area is 258 Å². The average Bonchev–Trinajstić information content (AvgIpc) is 3.38. The fraction of sp³-hybridized carbons (Fsp3) is 0.424. The molecule has 0 radical (unpaired) electrons. The summed E-state index contributed by atoms with van der Waals surface area (Å²) in [6, 6.07) is 14.7. The lowest BCUT2D eigenvalue weighted by Gasteiger charge is -2.23. The predicted octanol–water partition coefficient (Wildman–Crippen LogP) is 6.70. The molecule has 0 amide bonds. The largest absolute Gasteiger partial charge is 0.384 e. The highest BCUT2D eigenvalue weighted by molar-refractivity contribution is 6.27.